The van der Waals surface area contributed by atoms with Gasteiger partial charge in [0.2, 0.25) is 5.91 Å². The fraction of sp³-hybridized carbons (Fsp3) is 0.500. The second-order valence-electron chi connectivity index (χ2n) is 4.10. The quantitative estimate of drug-likeness (QED) is 0.830. The minimum atomic E-state index is -0.0118. The lowest BCUT2D eigenvalue weighted by Gasteiger charge is -2.07. The van der Waals surface area contributed by atoms with Crippen LogP contribution in [0.5, 0.6) is 0 Å². The molecule has 2 rings (SSSR count). The van der Waals surface area contributed by atoms with Gasteiger partial charge in [0.05, 0.1) is 0 Å². The number of carbonyl (C=O) groups excluding carboxylic acids is 2. The summed E-state index contributed by atoms with van der Waals surface area (Å²) in [6.45, 7) is 2.83. The van der Waals surface area contributed by atoms with Crippen molar-refractivity contribution in [3.63, 3.8) is 0 Å². The fourth-order valence-electron chi connectivity index (χ4n) is 2.09. The first-order chi connectivity index (χ1) is 7.70. The van der Waals surface area contributed by atoms with Crippen molar-refractivity contribution in [3.05, 3.63) is 23.5 Å². The first kappa shape index (κ1) is 10.9. The largest absolute Gasteiger partial charge is 0.355 e. The van der Waals surface area contributed by atoms with Gasteiger partial charge in [-0.3, -0.25) is 9.59 Å². The van der Waals surface area contributed by atoms with Crippen molar-refractivity contribution in [3.8, 4) is 0 Å². The zero-order valence-electron chi connectivity index (χ0n) is 9.45. The third kappa shape index (κ3) is 2.15. The van der Waals surface area contributed by atoms with Crippen molar-refractivity contribution in [1.82, 2.24) is 9.88 Å². The summed E-state index contributed by atoms with van der Waals surface area (Å²) in [6.07, 6.45) is 6.23. The van der Waals surface area contributed by atoms with Gasteiger partial charge in [-0.05, 0) is 25.3 Å². The molecule has 1 aliphatic rings. The Morgan fingerprint density at radius 1 is 1.44 bits per heavy atom. The number of ketones is 1. The molecule has 0 aliphatic heterocycles. The number of likely N-dealkylation sites (N-methyl/N-ethyl adjacent to an activating group) is 1. The molecule has 0 radical (unpaired) electrons. The molecule has 0 fully saturated rings. The Morgan fingerprint density at radius 3 is 2.94 bits per heavy atom. The van der Waals surface area contributed by atoms with Crippen molar-refractivity contribution < 1.29 is 9.59 Å². The highest BCUT2D eigenvalue weighted by Gasteiger charge is 2.19. The van der Waals surface area contributed by atoms with Crippen molar-refractivity contribution in [2.45, 2.75) is 32.7 Å². The minimum absolute atomic E-state index is 0.0118. The normalized spacial score (nSPS) is 14.7. The molecule has 1 aromatic rings. The first-order valence-electron chi connectivity index (χ1n) is 5.69. The second-order valence-corrected chi connectivity index (χ2v) is 4.10. The maximum absolute atomic E-state index is 11.6. The van der Waals surface area contributed by atoms with E-state index in [1.165, 1.54) is 0 Å². The highest BCUT2D eigenvalue weighted by Crippen LogP contribution is 2.21. The van der Waals surface area contributed by atoms with Gasteiger partial charge in [0.25, 0.3) is 0 Å². The van der Waals surface area contributed by atoms with Crippen LogP contribution < -0.4 is 5.32 Å². The van der Waals surface area contributed by atoms with Crippen molar-refractivity contribution in [1.29, 1.82) is 0 Å². The van der Waals surface area contributed by atoms with Crippen molar-refractivity contribution >= 4 is 11.7 Å². The number of nitrogens with one attached hydrogen (secondary N) is 1. The smallest absolute Gasteiger partial charge is 0.239 e. The number of amides is 1. The zero-order valence-corrected chi connectivity index (χ0v) is 9.45. The van der Waals surface area contributed by atoms with Crippen LogP contribution in [0, 0.1) is 0 Å². The van der Waals surface area contributed by atoms with E-state index in [0.29, 0.717) is 19.5 Å². The lowest BCUT2D eigenvalue weighted by atomic mass is 9.95. The lowest BCUT2D eigenvalue weighted by Crippen LogP contribution is -2.26. The molecule has 86 valence electrons. The van der Waals surface area contributed by atoms with E-state index in [9.17, 15) is 9.59 Å². The van der Waals surface area contributed by atoms with Gasteiger partial charge in [-0.1, -0.05) is 0 Å². The summed E-state index contributed by atoms with van der Waals surface area (Å²) in [5, 5.41) is 2.74. The molecular formula is C12H16N2O2. The number of nitrogens with zero attached hydrogens (tertiary/aromatic N) is 1. The first-order valence-corrected chi connectivity index (χ1v) is 5.69. The third-order valence-electron chi connectivity index (χ3n) is 2.81. The van der Waals surface area contributed by atoms with Crippen LogP contribution in [-0.2, 0) is 17.8 Å². The van der Waals surface area contributed by atoms with E-state index in [1.807, 2.05) is 13.1 Å². The van der Waals surface area contributed by atoms with Crippen molar-refractivity contribution in [2.75, 3.05) is 6.54 Å². The van der Waals surface area contributed by atoms with Crippen LogP contribution in [0.15, 0.2) is 12.4 Å². The molecule has 4 nitrogen and oxygen atoms in total. The highest BCUT2D eigenvalue weighted by molar-refractivity contribution is 5.98. The lowest BCUT2D eigenvalue weighted by molar-refractivity contribution is -0.121. The van der Waals surface area contributed by atoms with E-state index >= 15 is 0 Å². The summed E-state index contributed by atoms with van der Waals surface area (Å²) in [7, 11) is 0. The average molecular weight is 220 g/mol. The Hall–Kier alpha value is -1.58. The molecule has 1 N–H and O–H groups in total. The minimum Gasteiger partial charge on any atom is -0.355 e. The molecule has 0 atom stereocenters. The van der Waals surface area contributed by atoms with Crippen LogP contribution in [0.25, 0.3) is 0 Å². The average Bonchev–Trinajstić information content (AvgIpc) is 2.62. The Balaban J connectivity index is 2.12. The third-order valence-corrected chi connectivity index (χ3v) is 2.81. The van der Waals surface area contributed by atoms with Crippen molar-refractivity contribution in [2.24, 2.45) is 0 Å². The van der Waals surface area contributed by atoms with E-state index in [0.717, 1.165) is 24.0 Å². The molecule has 1 heterocycles. The van der Waals surface area contributed by atoms with Gasteiger partial charge in [-0.2, -0.15) is 0 Å². The van der Waals surface area contributed by atoms with Gasteiger partial charge in [0.15, 0.2) is 5.78 Å². The predicted octanol–water partition coefficient (Wildman–Crippen LogP) is 1.14. The summed E-state index contributed by atoms with van der Waals surface area (Å²) < 4.78 is 1.80. The number of aryl methyl sites for hydroxylation is 1. The van der Waals surface area contributed by atoms with Gasteiger partial charge < -0.3 is 9.88 Å². The number of carbonyl (C=O) groups is 2. The highest BCUT2D eigenvalue weighted by atomic mass is 16.2. The number of rotatable bonds is 3. The monoisotopic (exact) mass is 220 g/mol. The molecule has 0 spiro atoms. The van der Waals surface area contributed by atoms with Gasteiger partial charge in [0, 0.05) is 30.9 Å². The van der Waals surface area contributed by atoms with E-state index in [2.05, 4.69) is 5.32 Å². The predicted molar refractivity (Wildman–Crippen MR) is 60.4 cm³/mol. The van der Waals surface area contributed by atoms with Gasteiger partial charge in [-0.15, -0.1) is 0 Å². The van der Waals surface area contributed by atoms with Crippen LogP contribution >= 0.6 is 0 Å². The van der Waals surface area contributed by atoms with E-state index in [-0.39, 0.29) is 11.7 Å². The molecule has 1 aliphatic carbocycles. The Bertz CT molecular complexity index is 421. The van der Waals surface area contributed by atoms with Crippen LogP contribution in [0.3, 0.4) is 0 Å². The number of aromatic nitrogens is 1. The fourth-order valence-corrected chi connectivity index (χ4v) is 2.09. The summed E-state index contributed by atoms with van der Waals surface area (Å²) >= 11 is 0. The Labute approximate surface area is 94.6 Å². The molecule has 0 aromatic carbocycles. The summed E-state index contributed by atoms with van der Waals surface area (Å²) in [5.74, 6) is 0.193. The standard InChI is InChI=1S/C12H16N2O2/c1-2-13-12(16)8-14-6-9-4-3-5-11(15)10(9)7-14/h6-7H,2-5,8H2,1H3,(H,13,16). The maximum Gasteiger partial charge on any atom is 0.239 e. The van der Waals surface area contributed by atoms with E-state index in [1.54, 1.807) is 10.8 Å². The molecule has 1 amide bonds. The van der Waals surface area contributed by atoms with Crippen LogP contribution in [0.2, 0.25) is 0 Å². The summed E-state index contributed by atoms with van der Waals surface area (Å²) in [5.41, 5.74) is 1.89. The number of Topliss-reactive ketones (excluding diaryl/α,β-unsaturated/α-hetero) is 1. The van der Waals surface area contributed by atoms with Crippen LogP contribution in [0.1, 0.15) is 35.7 Å². The SMILES string of the molecule is CCNC(=O)Cn1cc2c(c1)C(=O)CCC2. The van der Waals surface area contributed by atoms with Crippen LogP contribution in [-0.4, -0.2) is 22.8 Å². The topological polar surface area (TPSA) is 51.1 Å². The van der Waals surface area contributed by atoms with Gasteiger partial charge in [0.1, 0.15) is 6.54 Å². The molecule has 0 saturated heterocycles. The van der Waals surface area contributed by atoms with Gasteiger partial charge in [-0.25, -0.2) is 0 Å². The zero-order chi connectivity index (χ0) is 11.5. The molecule has 0 saturated carbocycles. The molecule has 0 unspecified atom stereocenters. The number of hydrogen-bond acceptors (Lipinski definition) is 2. The molecular weight excluding hydrogens is 204 g/mol. The maximum atomic E-state index is 11.6. The molecule has 4 heteroatoms. The summed E-state index contributed by atoms with van der Waals surface area (Å²) in [4.78, 5) is 23.0. The van der Waals surface area contributed by atoms with Crippen LogP contribution in [0.4, 0.5) is 0 Å². The molecule has 16 heavy (non-hydrogen) atoms. The van der Waals surface area contributed by atoms with Gasteiger partial charge >= 0.3 is 0 Å². The van der Waals surface area contributed by atoms with E-state index in [4.69, 9.17) is 0 Å². The molecule has 0 bridgehead atoms. The van der Waals surface area contributed by atoms with E-state index < -0.39 is 0 Å². The summed E-state index contributed by atoms with van der Waals surface area (Å²) in [6, 6.07) is 0. The Morgan fingerprint density at radius 2 is 2.25 bits per heavy atom. The Kier molecular flexibility index (Phi) is 3.08. The number of fused-ring (bicyclic) bond motifs is 1. The molecule has 1 aromatic heterocycles. The number of hydrogen-bond donors (Lipinski definition) is 1. The second kappa shape index (κ2) is 4.51.